The largest absolute Gasteiger partial charge is 0.448 e. The van der Waals surface area contributed by atoms with Crippen molar-refractivity contribution >= 4 is 29.2 Å². The third-order valence-corrected chi connectivity index (χ3v) is 3.72. The number of nitrogens with zero attached hydrogens (tertiary/aromatic N) is 1. The minimum Gasteiger partial charge on any atom is -0.448 e. The third-order valence-electron chi connectivity index (χ3n) is 3.72. The first-order chi connectivity index (χ1) is 11.3. The van der Waals surface area contributed by atoms with Crippen molar-refractivity contribution in [3.05, 3.63) is 28.8 Å². The number of hydrogen-bond donors (Lipinski definition) is 2. The minimum absolute atomic E-state index is 0.108. The Kier molecular flexibility index (Phi) is 5.33. The first-order valence-electron chi connectivity index (χ1n) is 7.73. The average Bonchev–Trinajstić information content (AvgIpc) is 2.51. The van der Waals surface area contributed by atoms with Gasteiger partial charge in [0, 0.05) is 18.5 Å². The topological polar surface area (TPSA) is 96.9 Å². The summed E-state index contributed by atoms with van der Waals surface area (Å²) in [7, 11) is 0. The Morgan fingerprint density at radius 2 is 1.83 bits per heavy atom. The summed E-state index contributed by atoms with van der Waals surface area (Å²) in [5.41, 5.74) is 6.05. The van der Waals surface area contributed by atoms with Crippen LogP contribution in [-0.2, 0) is 19.1 Å². The van der Waals surface area contributed by atoms with E-state index in [1.54, 1.807) is 0 Å². The molecular formula is C17H21N3O4. The lowest BCUT2D eigenvalue weighted by atomic mass is 10.0. The molecule has 128 valence electrons. The quantitative estimate of drug-likeness (QED) is 0.821. The summed E-state index contributed by atoms with van der Waals surface area (Å²) in [4.78, 5) is 35.3. The molecule has 1 aliphatic rings. The van der Waals surface area contributed by atoms with Gasteiger partial charge >= 0.3 is 5.97 Å². The molecule has 2 rings (SSSR count). The molecule has 7 heteroatoms. The second-order valence-corrected chi connectivity index (χ2v) is 5.90. The Balaban J connectivity index is 2.00. The maximum Gasteiger partial charge on any atom is 0.355 e. The van der Waals surface area contributed by atoms with Gasteiger partial charge in [0.15, 0.2) is 6.10 Å². The average molecular weight is 331 g/mol. The molecule has 0 fully saturated rings. The highest BCUT2D eigenvalue weighted by atomic mass is 16.5. The molecule has 2 amide bonds. The molecule has 0 aliphatic carbocycles. The van der Waals surface area contributed by atoms with Gasteiger partial charge in [0.25, 0.3) is 5.91 Å². The second kappa shape index (κ2) is 7.25. The van der Waals surface area contributed by atoms with Gasteiger partial charge in [0.05, 0.1) is 0 Å². The maximum atomic E-state index is 12.3. The zero-order chi connectivity index (χ0) is 17.9. The van der Waals surface area contributed by atoms with E-state index in [0.29, 0.717) is 0 Å². The van der Waals surface area contributed by atoms with Gasteiger partial charge in [0.2, 0.25) is 5.91 Å². The van der Waals surface area contributed by atoms with Crippen molar-refractivity contribution in [2.45, 2.75) is 46.6 Å². The van der Waals surface area contributed by atoms with Gasteiger partial charge in [-0.15, -0.1) is 0 Å². The smallest absolute Gasteiger partial charge is 0.355 e. The summed E-state index contributed by atoms with van der Waals surface area (Å²) >= 11 is 0. The van der Waals surface area contributed by atoms with Crippen LogP contribution in [0.1, 0.15) is 36.5 Å². The Bertz CT molecular complexity index is 702. The molecule has 1 aliphatic heterocycles. The van der Waals surface area contributed by atoms with Crippen LogP contribution in [0.4, 0.5) is 5.69 Å². The fraction of sp³-hybridized carbons (Fsp3) is 0.412. The number of nitrogens with one attached hydrogen (secondary N) is 2. The summed E-state index contributed by atoms with van der Waals surface area (Å²) in [5, 5.41) is 6.45. The highest BCUT2D eigenvalue weighted by Crippen LogP contribution is 2.22. The number of rotatable bonds is 4. The number of carbonyl (C=O) groups excluding carboxylic acids is 3. The van der Waals surface area contributed by atoms with Crippen LogP contribution in [0, 0.1) is 20.8 Å². The van der Waals surface area contributed by atoms with Gasteiger partial charge in [-0.1, -0.05) is 17.7 Å². The van der Waals surface area contributed by atoms with Crippen LogP contribution in [0.15, 0.2) is 17.2 Å². The summed E-state index contributed by atoms with van der Waals surface area (Å²) in [6, 6.07) is 3.94. The Hall–Kier alpha value is -2.70. The predicted octanol–water partition coefficient (Wildman–Crippen LogP) is 1.75. The van der Waals surface area contributed by atoms with E-state index in [0.717, 1.165) is 22.4 Å². The third kappa shape index (κ3) is 4.18. The maximum absolute atomic E-state index is 12.3. The predicted molar refractivity (Wildman–Crippen MR) is 89.6 cm³/mol. The van der Waals surface area contributed by atoms with Gasteiger partial charge < -0.3 is 10.1 Å². The molecule has 24 heavy (non-hydrogen) atoms. The zero-order valence-electron chi connectivity index (χ0n) is 14.2. The Morgan fingerprint density at radius 3 is 2.38 bits per heavy atom. The number of anilines is 1. The SMILES string of the molecule is Cc1cc(C)c(NC(=O)[C@H](C)OC(=O)C2=NNC(=O)CC2)c(C)c1. The molecule has 1 aromatic carbocycles. The summed E-state index contributed by atoms with van der Waals surface area (Å²) in [6.45, 7) is 7.30. The lowest BCUT2D eigenvalue weighted by Crippen LogP contribution is -2.36. The molecule has 0 aromatic heterocycles. The van der Waals surface area contributed by atoms with Crippen molar-refractivity contribution in [1.29, 1.82) is 0 Å². The number of aryl methyl sites for hydroxylation is 3. The van der Waals surface area contributed by atoms with E-state index in [4.69, 9.17) is 4.74 Å². The lowest BCUT2D eigenvalue weighted by molar-refractivity contribution is -0.146. The van der Waals surface area contributed by atoms with E-state index in [1.807, 2.05) is 32.9 Å². The minimum atomic E-state index is -0.974. The molecule has 7 nitrogen and oxygen atoms in total. The lowest BCUT2D eigenvalue weighted by Gasteiger charge is -2.18. The van der Waals surface area contributed by atoms with Crippen molar-refractivity contribution in [2.75, 3.05) is 5.32 Å². The van der Waals surface area contributed by atoms with E-state index in [1.165, 1.54) is 6.92 Å². The number of carbonyl (C=O) groups is 3. The molecule has 1 aromatic rings. The van der Waals surface area contributed by atoms with Crippen molar-refractivity contribution in [1.82, 2.24) is 5.43 Å². The van der Waals surface area contributed by atoms with Crippen LogP contribution in [0.5, 0.6) is 0 Å². The van der Waals surface area contributed by atoms with Gasteiger partial charge in [0.1, 0.15) is 5.71 Å². The Labute approximate surface area is 140 Å². The van der Waals surface area contributed by atoms with Gasteiger partial charge in [-0.3, -0.25) is 9.59 Å². The number of hydrazone groups is 1. The summed E-state index contributed by atoms with van der Waals surface area (Å²) < 4.78 is 5.13. The first-order valence-corrected chi connectivity index (χ1v) is 7.73. The van der Waals surface area contributed by atoms with Crippen molar-refractivity contribution in [3.63, 3.8) is 0 Å². The van der Waals surface area contributed by atoms with Crippen LogP contribution in [0.25, 0.3) is 0 Å². The molecule has 2 N–H and O–H groups in total. The molecule has 0 unspecified atom stereocenters. The van der Waals surface area contributed by atoms with E-state index in [-0.39, 0.29) is 24.5 Å². The van der Waals surface area contributed by atoms with Gasteiger partial charge in [-0.25, -0.2) is 10.2 Å². The molecule has 0 bridgehead atoms. The van der Waals surface area contributed by atoms with E-state index >= 15 is 0 Å². The standard InChI is InChI=1S/C17H21N3O4/c1-9-7-10(2)15(11(3)8-9)18-16(22)12(4)24-17(23)13-5-6-14(21)20-19-13/h7-8,12H,5-6H2,1-4H3,(H,18,22)(H,20,21)/t12-/m0/s1. The highest BCUT2D eigenvalue weighted by molar-refractivity contribution is 6.37. The molecule has 0 saturated carbocycles. The Morgan fingerprint density at radius 1 is 1.21 bits per heavy atom. The van der Waals surface area contributed by atoms with E-state index in [9.17, 15) is 14.4 Å². The molecule has 0 radical (unpaired) electrons. The van der Waals surface area contributed by atoms with Gasteiger partial charge in [-0.2, -0.15) is 5.10 Å². The van der Waals surface area contributed by atoms with Crippen LogP contribution < -0.4 is 10.7 Å². The fourth-order valence-corrected chi connectivity index (χ4v) is 2.51. The second-order valence-electron chi connectivity index (χ2n) is 5.90. The number of hydrogen-bond acceptors (Lipinski definition) is 5. The van der Waals surface area contributed by atoms with Crippen LogP contribution in [-0.4, -0.2) is 29.6 Å². The van der Waals surface area contributed by atoms with Gasteiger partial charge in [-0.05, 0) is 38.8 Å². The molecule has 1 atom stereocenters. The summed E-state index contributed by atoms with van der Waals surface area (Å²) in [5.74, 6) is -1.36. The van der Waals surface area contributed by atoms with Crippen molar-refractivity contribution < 1.29 is 19.1 Å². The number of amides is 2. The van der Waals surface area contributed by atoms with Crippen molar-refractivity contribution in [2.24, 2.45) is 5.10 Å². The van der Waals surface area contributed by atoms with E-state index < -0.39 is 18.0 Å². The molecular weight excluding hydrogens is 310 g/mol. The normalized spacial score (nSPS) is 15.2. The highest BCUT2D eigenvalue weighted by Gasteiger charge is 2.24. The summed E-state index contributed by atoms with van der Waals surface area (Å²) in [6.07, 6.45) is -0.594. The van der Waals surface area contributed by atoms with Crippen LogP contribution in [0.3, 0.4) is 0 Å². The van der Waals surface area contributed by atoms with Crippen molar-refractivity contribution in [3.8, 4) is 0 Å². The molecule has 1 heterocycles. The zero-order valence-corrected chi connectivity index (χ0v) is 14.2. The monoisotopic (exact) mass is 331 g/mol. The molecule has 0 saturated heterocycles. The first kappa shape index (κ1) is 17.7. The molecule has 0 spiro atoms. The van der Waals surface area contributed by atoms with Crippen LogP contribution >= 0.6 is 0 Å². The number of esters is 1. The fourth-order valence-electron chi connectivity index (χ4n) is 2.51. The van der Waals surface area contributed by atoms with E-state index in [2.05, 4.69) is 15.8 Å². The van der Waals surface area contributed by atoms with Crippen LogP contribution in [0.2, 0.25) is 0 Å². The number of benzene rings is 1. The number of ether oxygens (including phenoxy) is 1.